The highest BCUT2D eigenvalue weighted by molar-refractivity contribution is 6.36. The van der Waals surface area contributed by atoms with Crippen LogP contribution in [-0.4, -0.2) is 62.1 Å². The van der Waals surface area contributed by atoms with Gasteiger partial charge in [0.25, 0.3) is 0 Å². The molecular formula is C26H28ClFN6O2. The Kier molecular flexibility index (Phi) is 6.42. The van der Waals surface area contributed by atoms with Crippen LogP contribution in [-0.2, 0) is 22.6 Å². The molecule has 1 aromatic carbocycles. The third kappa shape index (κ3) is 4.55. The van der Waals surface area contributed by atoms with Crippen LogP contribution in [0.15, 0.2) is 30.5 Å². The average molecular weight is 511 g/mol. The van der Waals surface area contributed by atoms with Gasteiger partial charge in [-0.05, 0) is 43.4 Å². The van der Waals surface area contributed by atoms with E-state index in [1.165, 1.54) is 6.92 Å². The lowest BCUT2D eigenvalue weighted by Gasteiger charge is -2.26. The monoisotopic (exact) mass is 510 g/mol. The molecule has 0 saturated carbocycles. The number of pyridine rings is 1. The Morgan fingerprint density at radius 2 is 1.97 bits per heavy atom. The lowest BCUT2D eigenvalue weighted by Crippen LogP contribution is -2.38. The molecule has 2 aliphatic heterocycles. The highest BCUT2D eigenvalue weighted by Crippen LogP contribution is 2.35. The van der Waals surface area contributed by atoms with Gasteiger partial charge < -0.3 is 15.1 Å². The van der Waals surface area contributed by atoms with Gasteiger partial charge in [0.05, 0.1) is 5.02 Å². The van der Waals surface area contributed by atoms with Gasteiger partial charge in [-0.15, -0.1) is 0 Å². The van der Waals surface area contributed by atoms with Crippen LogP contribution in [0.2, 0.25) is 5.02 Å². The first-order valence-corrected chi connectivity index (χ1v) is 12.4. The van der Waals surface area contributed by atoms with Crippen molar-refractivity contribution < 1.29 is 14.0 Å². The fourth-order valence-corrected chi connectivity index (χ4v) is 5.10. The summed E-state index contributed by atoms with van der Waals surface area (Å²) in [6.07, 6.45) is 4.70. The summed E-state index contributed by atoms with van der Waals surface area (Å²) in [5.74, 6) is 0.708. The van der Waals surface area contributed by atoms with E-state index in [0.29, 0.717) is 48.6 Å². The molecular weight excluding hydrogens is 483 g/mol. The van der Waals surface area contributed by atoms with E-state index in [9.17, 15) is 9.59 Å². The van der Waals surface area contributed by atoms with Gasteiger partial charge in [-0.1, -0.05) is 17.7 Å². The van der Waals surface area contributed by atoms with Gasteiger partial charge in [0.2, 0.25) is 11.8 Å². The molecule has 1 N–H and O–H groups in total. The third-order valence-electron chi connectivity index (χ3n) is 6.86. The largest absolute Gasteiger partial charge is 0.339 e. The zero-order valence-corrected chi connectivity index (χ0v) is 21.3. The Morgan fingerprint density at radius 1 is 1.17 bits per heavy atom. The van der Waals surface area contributed by atoms with E-state index in [0.717, 1.165) is 23.1 Å². The zero-order valence-electron chi connectivity index (χ0n) is 20.5. The van der Waals surface area contributed by atoms with Gasteiger partial charge in [0.1, 0.15) is 18.2 Å². The van der Waals surface area contributed by atoms with E-state index in [1.807, 2.05) is 37.0 Å². The fraction of sp³-hybridized carbons (Fsp3) is 0.385. The molecule has 0 bridgehead atoms. The Bertz CT molecular complexity index is 1400. The van der Waals surface area contributed by atoms with E-state index in [2.05, 4.69) is 15.4 Å². The van der Waals surface area contributed by atoms with E-state index >= 15 is 4.39 Å². The first-order chi connectivity index (χ1) is 17.2. The second-order valence-electron chi connectivity index (χ2n) is 9.52. The quantitative estimate of drug-likeness (QED) is 0.562. The van der Waals surface area contributed by atoms with Crippen LogP contribution in [0, 0.1) is 5.82 Å². The molecule has 36 heavy (non-hydrogen) atoms. The molecule has 0 radical (unpaired) electrons. The number of benzene rings is 1. The van der Waals surface area contributed by atoms with Crippen molar-refractivity contribution >= 4 is 51.4 Å². The summed E-state index contributed by atoms with van der Waals surface area (Å²) < 4.78 is 16.9. The summed E-state index contributed by atoms with van der Waals surface area (Å²) >= 11 is 6.40. The predicted octanol–water partition coefficient (Wildman–Crippen LogP) is 4.40. The summed E-state index contributed by atoms with van der Waals surface area (Å²) in [7, 11) is 0. The number of nitrogens with one attached hydrogen (secondary N) is 1. The molecule has 8 nitrogen and oxygen atoms in total. The molecule has 2 aromatic heterocycles. The second kappa shape index (κ2) is 9.54. The lowest BCUT2D eigenvalue weighted by molar-refractivity contribution is -0.133. The summed E-state index contributed by atoms with van der Waals surface area (Å²) in [5.41, 5.74) is 2.25. The molecule has 0 saturated heterocycles. The number of halogens is 2. The summed E-state index contributed by atoms with van der Waals surface area (Å²) in [5, 5.41) is 9.06. The van der Waals surface area contributed by atoms with Gasteiger partial charge >= 0.3 is 0 Å². The number of carbonyl (C=O) groups excluding carboxylic acids is 2. The lowest BCUT2D eigenvalue weighted by atomic mass is 9.96. The van der Waals surface area contributed by atoms with Gasteiger partial charge in [-0.25, -0.2) is 9.37 Å². The summed E-state index contributed by atoms with van der Waals surface area (Å²) in [6.45, 7) is 7.41. The Labute approximate surface area is 213 Å². The minimum absolute atomic E-state index is 0.00214. The maximum Gasteiger partial charge on any atom is 0.244 e. The molecule has 2 amide bonds. The molecule has 10 heteroatoms. The van der Waals surface area contributed by atoms with Crippen LogP contribution in [0.5, 0.6) is 0 Å². The average Bonchev–Trinajstić information content (AvgIpc) is 3.14. The smallest absolute Gasteiger partial charge is 0.244 e. The molecule has 0 spiro atoms. The van der Waals surface area contributed by atoms with E-state index in [-0.39, 0.29) is 29.4 Å². The molecule has 4 heterocycles. The van der Waals surface area contributed by atoms with Crippen LogP contribution >= 0.6 is 11.6 Å². The van der Waals surface area contributed by atoms with Crippen molar-refractivity contribution in [3.8, 4) is 0 Å². The molecule has 0 aliphatic carbocycles. The number of anilines is 2. The Hall–Kier alpha value is -3.46. The van der Waals surface area contributed by atoms with Gasteiger partial charge in [-0.2, -0.15) is 5.10 Å². The number of nitrogens with zero attached hydrogens (tertiary/aromatic N) is 5. The Morgan fingerprint density at radius 3 is 2.67 bits per heavy atom. The van der Waals surface area contributed by atoms with Crippen molar-refractivity contribution in [2.24, 2.45) is 0 Å². The number of amides is 2. The predicted molar refractivity (Wildman–Crippen MR) is 138 cm³/mol. The normalized spacial score (nSPS) is 16.3. The molecule has 0 unspecified atom stereocenters. The standard InChI is InChI=1S/C26H28ClFN6O2/c1-15(2)33-9-6-19-12-23(31-34(19)14-24(33)36)30-22-11-18-10-20(26(28)25(27)21(18)13-29-22)17-4-7-32(8-5-17)16(3)35/h4,10-13,15H,5-9,14H2,1-3H3,(H,29,30,31). The number of hydrogen-bond donors (Lipinski definition) is 1. The highest BCUT2D eigenvalue weighted by Gasteiger charge is 2.24. The van der Waals surface area contributed by atoms with Crippen LogP contribution < -0.4 is 5.32 Å². The van der Waals surface area contributed by atoms with Gasteiger partial charge in [-0.3, -0.25) is 14.3 Å². The molecule has 3 aromatic rings. The van der Waals surface area contributed by atoms with Gasteiger partial charge in [0, 0.05) is 67.9 Å². The number of fused-ring (bicyclic) bond motifs is 2. The number of rotatable bonds is 4. The maximum absolute atomic E-state index is 15.2. The van der Waals surface area contributed by atoms with Crippen LogP contribution in [0.1, 0.15) is 38.4 Å². The summed E-state index contributed by atoms with van der Waals surface area (Å²) in [4.78, 5) is 32.2. The Balaban J connectivity index is 1.41. The highest BCUT2D eigenvalue weighted by atomic mass is 35.5. The van der Waals surface area contributed by atoms with E-state index in [1.54, 1.807) is 21.8 Å². The number of aromatic nitrogens is 3. The molecule has 0 fully saturated rings. The van der Waals surface area contributed by atoms with Crippen molar-refractivity contribution in [1.29, 1.82) is 0 Å². The van der Waals surface area contributed by atoms with Crippen molar-refractivity contribution in [2.75, 3.05) is 25.0 Å². The van der Waals surface area contributed by atoms with Crippen molar-refractivity contribution in [3.63, 3.8) is 0 Å². The third-order valence-corrected chi connectivity index (χ3v) is 7.23. The number of hydrogen-bond acceptors (Lipinski definition) is 5. The van der Waals surface area contributed by atoms with Crippen molar-refractivity contribution in [2.45, 2.75) is 46.2 Å². The number of carbonyl (C=O) groups is 2. The minimum atomic E-state index is -0.479. The van der Waals surface area contributed by atoms with E-state index in [4.69, 9.17) is 11.6 Å². The molecule has 5 rings (SSSR count). The topological polar surface area (TPSA) is 83.4 Å². The first-order valence-electron chi connectivity index (χ1n) is 12.1. The van der Waals surface area contributed by atoms with Crippen molar-refractivity contribution in [3.05, 3.63) is 52.6 Å². The van der Waals surface area contributed by atoms with Crippen LogP contribution in [0.4, 0.5) is 16.0 Å². The van der Waals surface area contributed by atoms with Gasteiger partial charge in [0.15, 0.2) is 5.82 Å². The SMILES string of the molecule is CC(=O)N1CC=C(c2cc3cc(Nc4cc5n(n4)CC(=O)N(C(C)C)CC5)ncc3c(Cl)c2F)CC1. The zero-order chi connectivity index (χ0) is 25.6. The first kappa shape index (κ1) is 24.2. The minimum Gasteiger partial charge on any atom is -0.339 e. The van der Waals surface area contributed by atoms with E-state index < -0.39 is 5.82 Å². The van der Waals surface area contributed by atoms with Crippen LogP contribution in [0.3, 0.4) is 0 Å². The maximum atomic E-state index is 15.2. The second-order valence-corrected chi connectivity index (χ2v) is 9.90. The molecule has 0 atom stereocenters. The van der Waals surface area contributed by atoms with Crippen molar-refractivity contribution in [1.82, 2.24) is 24.6 Å². The van der Waals surface area contributed by atoms with Crippen LogP contribution in [0.25, 0.3) is 16.3 Å². The fourth-order valence-electron chi connectivity index (χ4n) is 4.84. The molecule has 188 valence electrons. The summed E-state index contributed by atoms with van der Waals surface area (Å²) in [6, 6.07) is 5.67. The molecule has 2 aliphatic rings.